The minimum absolute atomic E-state index is 0.155. The lowest BCUT2D eigenvalue weighted by Gasteiger charge is -2.07. The number of rotatable bonds is 7. The molecule has 134 valence electrons. The predicted molar refractivity (Wildman–Crippen MR) is 94.0 cm³/mol. The van der Waals surface area contributed by atoms with Crippen LogP contribution in [-0.4, -0.2) is 30.4 Å². The molecule has 8 nitrogen and oxygen atoms in total. The average Bonchev–Trinajstić information content (AvgIpc) is 2.90. The maximum absolute atomic E-state index is 12.3. The summed E-state index contributed by atoms with van der Waals surface area (Å²) in [6.07, 6.45) is 0. The number of aryl methyl sites for hydroxylation is 1. The Kier molecular flexibility index (Phi) is 5.99. The zero-order valence-corrected chi connectivity index (χ0v) is 14.9. The molecular weight excluding hydrogens is 326 g/mol. The first-order valence-corrected chi connectivity index (χ1v) is 7.56. The Balaban J connectivity index is 2.30. The van der Waals surface area contributed by atoms with Gasteiger partial charge in [0.1, 0.15) is 30.7 Å². The summed E-state index contributed by atoms with van der Waals surface area (Å²) in [5.41, 5.74) is 2.72. The van der Waals surface area contributed by atoms with Gasteiger partial charge in [0.05, 0.1) is 7.11 Å². The van der Waals surface area contributed by atoms with Crippen molar-refractivity contribution in [2.75, 3.05) is 14.2 Å². The summed E-state index contributed by atoms with van der Waals surface area (Å²) in [7, 11) is 4.44. The molecule has 0 aliphatic heterocycles. The molecule has 2 aromatic rings. The molecule has 0 radical (unpaired) electrons. The van der Waals surface area contributed by atoms with Gasteiger partial charge in [-0.05, 0) is 13.8 Å². The number of nitrogens with zero attached hydrogens (tertiary/aromatic N) is 3. The van der Waals surface area contributed by atoms with Crippen molar-refractivity contribution in [2.24, 2.45) is 17.4 Å². The van der Waals surface area contributed by atoms with Crippen molar-refractivity contribution in [3.8, 4) is 17.1 Å². The highest BCUT2D eigenvalue weighted by atomic mass is 16.6. The van der Waals surface area contributed by atoms with E-state index in [1.807, 2.05) is 24.3 Å². The van der Waals surface area contributed by atoms with Crippen molar-refractivity contribution in [2.45, 2.75) is 20.5 Å². The summed E-state index contributed by atoms with van der Waals surface area (Å²) in [5.74, 6) is 0.155. The zero-order valence-electron chi connectivity index (χ0n) is 14.9. The Morgan fingerprint density at radius 3 is 2.52 bits per heavy atom. The van der Waals surface area contributed by atoms with Gasteiger partial charge in [-0.1, -0.05) is 34.6 Å². The van der Waals surface area contributed by atoms with Gasteiger partial charge in [0.25, 0.3) is 5.56 Å². The SMILES string of the molecule is CO/N=C(C)/C(C)=N/OCc1ccccc1-c1c(OC)on(C)c1=O. The van der Waals surface area contributed by atoms with Crippen molar-refractivity contribution >= 4 is 11.4 Å². The fraction of sp³-hybridized carbons (Fsp3) is 0.353. The molecule has 0 amide bonds. The maximum atomic E-state index is 12.3. The molecule has 2 rings (SSSR count). The number of methoxy groups -OCH3 is 1. The van der Waals surface area contributed by atoms with Gasteiger partial charge >= 0.3 is 5.95 Å². The lowest BCUT2D eigenvalue weighted by molar-refractivity contribution is 0.131. The molecule has 0 saturated carbocycles. The second-order valence-corrected chi connectivity index (χ2v) is 5.23. The summed E-state index contributed by atoms with van der Waals surface area (Å²) >= 11 is 0. The van der Waals surface area contributed by atoms with E-state index in [2.05, 4.69) is 10.3 Å². The van der Waals surface area contributed by atoms with Gasteiger partial charge in [-0.3, -0.25) is 4.79 Å². The van der Waals surface area contributed by atoms with Crippen LogP contribution in [0.5, 0.6) is 5.95 Å². The molecule has 25 heavy (non-hydrogen) atoms. The smallest absolute Gasteiger partial charge is 0.320 e. The first-order chi connectivity index (χ1) is 12.0. The Hall–Kier alpha value is -3.03. The topological polar surface area (TPSA) is 87.6 Å². The highest BCUT2D eigenvalue weighted by Gasteiger charge is 2.20. The summed E-state index contributed by atoms with van der Waals surface area (Å²) in [4.78, 5) is 22.4. The summed E-state index contributed by atoms with van der Waals surface area (Å²) in [6, 6.07) is 7.34. The molecule has 0 aliphatic rings. The van der Waals surface area contributed by atoms with Crippen molar-refractivity contribution in [1.82, 2.24) is 4.74 Å². The van der Waals surface area contributed by atoms with E-state index >= 15 is 0 Å². The third-order valence-corrected chi connectivity index (χ3v) is 3.57. The maximum Gasteiger partial charge on any atom is 0.320 e. The van der Waals surface area contributed by atoms with Crippen molar-refractivity contribution in [1.29, 1.82) is 0 Å². The van der Waals surface area contributed by atoms with Crippen LogP contribution >= 0.6 is 0 Å². The lowest BCUT2D eigenvalue weighted by atomic mass is 10.0. The minimum atomic E-state index is -0.285. The molecule has 0 aliphatic carbocycles. The molecule has 0 unspecified atom stereocenters. The number of benzene rings is 1. The molecule has 0 spiro atoms. The van der Waals surface area contributed by atoms with Gasteiger partial charge in [0, 0.05) is 18.2 Å². The van der Waals surface area contributed by atoms with Crippen molar-refractivity contribution < 1.29 is 18.9 Å². The van der Waals surface area contributed by atoms with Crippen LogP contribution in [0.4, 0.5) is 0 Å². The van der Waals surface area contributed by atoms with Crippen LogP contribution in [0, 0.1) is 0 Å². The molecule has 8 heteroatoms. The van der Waals surface area contributed by atoms with Gasteiger partial charge < -0.3 is 18.9 Å². The van der Waals surface area contributed by atoms with Crippen molar-refractivity contribution in [3.63, 3.8) is 0 Å². The van der Waals surface area contributed by atoms with Gasteiger partial charge in [-0.25, -0.2) is 0 Å². The number of hydrogen-bond donors (Lipinski definition) is 0. The largest absolute Gasteiger partial charge is 0.467 e. The third-order valence-electron chi connectivity index (χ3n) is 3.57. The van der Waals surface area contributed by atoms with Gasteiger partial charge in [0.15, 0.2) is 0 Å². The first-order valence-electron chi connectivity index (χ1n) is 7.56. The Morgan fingerprint density at radius 1 is 1.16 bits per heavy atom. The second-order valence-electron chi connectivity index (χ2n) is 5.23. The van der Waals surface area contributed by atoms with Crippen LogP contribution in [0.25, 0.3) is 11.1 Å². The molecule has 1 heterocycles. The number of oxime groups is 2. The van der Waals surface area contributed by atoms with Crippen LogP contribution in [0.1, 0.15) is 19.4 Å². The van der Waals surface area contributed by atoms with Crippen LogP contribution in [-0.2, 0) is 23.3 Å². The fourth-order valence-corrected chi connectivity index (χ4v) is 2.18. The quantitative estimate of drug-likeness (QED) is 0.567. The van der Waals surface area contributed by atoms with E-state index in [0.29, 0.717) is 22.6 Å². The van der Waals surface area contributed by atoms with E-state index < -0.39 is 0 Å². The Bertz CT molecular complexity index is 848. The van der Waals surface area contributed by atoms with Crippen LogP contribution in [0.15, 0.2) is 43.9 Å². The standard InChI is InChI=1S/C17H21N3O5/c1-11(18-23-5)12(2)19-24-10-13-8-6-7-9-14(13)15-16(21)20(3)25-17(15)22-4/h6-9H,10H2,1-5H3/b18-11+,19-12+. The fourth-order valence-electron chi connectivity index (χ4n) is 2.18. The Labute approximate surface area is 145 Å². The monoisotopic (exact) mass is 347 g/mol. The van der Waals surface area contributed by atoms with Crippen molar-refractivity contribution in [3.05, 3.63) is 40.2 Å². The van der Waals surface area contributed by atoms with Gasteiger partial charge in [-0.2, -0.15) is 4.74 Å². The van der Waals surface area contributed by atoms with E-state index in [9.17, 15) is 4.79 Å². The van der Waals surface area contributed by atoms with Crippen LogP contribution in [0.3, 0.4) is 0 Å². The molecular formula is C17H21N3O5. The lowest BCUT2D eigenvalue weighted by Crippen LogP contribution is -2.12. The van der Waals surface area contributed by atoms with E-state index in [1.54, 1.807) is 13.8 Å². The number of ether oxygens (including phenoxy) is 1. The zero-order chi connectivity index (χ0) is 18.4. The van der Waals surface area contributed by atoms with Crippen LogP contribution in [0.2, 0.25) is 0 Å². The first kappa shape index (κ1) is 18.3. The Morgan fingerprint density at radius 2 is 1.84 bits per heavy atom. The van der Waals surface area contributed by atoms with Crippen LogP contribution < -0.4 is 10.3 Å². The molecule has 1 aromatic heterocycles. The summed E-state index contributed by atoms with van der Waals surface area (Å²) in [6.45, 7) is 3.70. The molecule has 0 bridgehead atoms. The highest BCUT2D eigenvalue weighted by Crippen LogP contribution is 2.30. The predicted octanol–water partition coefficient (Wildman–Crippen LogP) is 2.57. The van der Waals surface area contributed by atoms with E-state index in [1.165, 1.54) is 21.3 Å². The van der Waals surface area contributed by atoms with E-state index in [4.69, 9.17) is 18.9 Å². The highest BCUT2D eigenvalue weighted by molar-refractivity contribution is 6.40. The average molecular weight is 347 g/mol. The minimum Gasteiger partial charge on any atom is -0.467 e. The third kappa shape index (κ3) is 4.09. The second kappa shape index (κ2) is 8.18. The summed E-state index contributed by atoms with van der Waals surface area (Å²) < 4.78 is 11.6. The molecule has 0 saturated heterocycles. The molecule has 0 fully saturated rings. The molecule has 1 aromatic carbocycles. The van der Waals surface area contributed by atoms with E-state index in [-0.39, 0.29) is 18.1 Å². The molecule has 0 N–H and O–H groups in total. The summed E-state index contributed by atoms with van der Waals surface area (Å²) in [5, 5.41) is 7.80. The van der Waals surface area contributed by atoms with E-state index in [0.717, 1.165) is 10.3 Å². The molecule has 0 atom stereocenters. The van der Waals surface area contributed by atoms with Gasteiger partial charge in [0.2, 0.25) is 0 Å². The van der Waals surface area contributed by atoms with Gasteiger partial charge in [-0.15, -0.1) is 0 Å². The normalized spacial score (nSPS) is 12.2. The number of hydrogen-bond acceptors (Lipinski definition) is 7. The number of aromatic nitrogens is 1.